The number of non-ortho nitro benzene ring substituents is 1. The molecule has 2 amide bonds. The van der Waals surface area contributed by atoms with Crippen LogP contribution in [0.1, 0.15) is 79.9 Å². The number of nitro benzene ring substituents is 1. The Bertz CT molecular complexity index is 1640. The van der Waals surface area contributed by atoms with E-state index in [0.29, 0.717) is 17.6 Å². The number of nitrogens with one attached hydrogen (secondary N) is 1. The van der Waals surface area contributed by atoms with Gasteiger partial charge in [-0.2, -0.15) is 0 Å². The maximum Gasteiger partial charge on any atom is 0.339 e. The summed E-state index contributed by atoms with van der Waals surface area (Å²) in [7, 11) is 1.69. The SMILES string of the molecule is Cn1c(=O)n(C2CCC(=O)NC2=O)c2ccc(C3CCN(Cc4ccc([N+](=O)[O-])cc4C(=O)OC(C)(C)C)CC3)cc21. The molecule has 1 aromatic heterocycles. The second kappa shape index (κ2) is 11.2. The predicted molar refractivity (Wildman–Crippen MR) is 154 cm³/mol. The van der Waals surface area contributed by atoms with Crippen molar-refractivity contribution in [2.45, 2.75) is 70.6 Å². The summed E-state index contributed by atoms with van der Waals surface area (Å²) in [5, 5.41) is 13.7. The van der Waals surface area contributed by atoms with E-state index in [9.17, 15) is 29.3 Å². The molecule has 42 heavy (non-hydrogen) atoms. The van der Waals surface area contributed by atoms with Gasteiger partial charge in [-0.15, -0.1) is 0 Å². The molecule has 12 heteroatoms. The zero-order chi connectivity index (χ0) is 30.3. The number of carbonyl (C=O) groups is 3. The Morgan fingerprint density at radius 1 is 1.05 bits per heavy atom. The van der Waals surface area contributed by atoms with E-state index >= 15 is 0 Å². The lowest BCUT2D eigenvalue weighted by atomic mass is 9.89. The summed E-state index contributed by atoms with van der Waals surface area (Å²) in [5.41, 5.74) is 2.19. The number of amides is 2. The van der Waals surface area contributed by atoms with Crippen LogP contribution in [0.4, 0.5) is 5.69 Å². The number of nitrogens with zero attached hydrogens (tertiary/aromatic N) is 4. The summed E-state index contributed by atoms with van der Waals surface area (Å²) in [5.74, 6) is -1.12. The second-order valence-corrected chi connectivity index (χ2v) is 12.1. The fraction of sp³-hybridized carbons (Fsp3) is 0.467. The van der Waals surface area contributed by atoms with Gasteiger partial charge < -0.3 is 4.74 Å². The number of imidazole rings is 1. The van der Waals surface area contributed by atoms with Gasteiger partial charge in [0.1, 0.15) is 11.6 Å². The molecule has 222 valence electrons. The molecule has 0 bridgehead atoms. The van der Waals surface area contributed by atoms with E-state index in [4.69, 9.17) is 4.74 Å². The molecule has 1 unspecified atom stereocenters. The lowest BCUT2D eigenvalue weighted by Gasteiger charge is -2.32. The number of aromatic nitrogens is 2. The minimum Gasteiger partial charge on any atom is -0.456 e. The lowest BCUT2D eigenvalue weighted by molar-refractivity contribution is -0.384. The zero-order valence-corrected chi connectivity index (χ0v) is 24.2. The monoisotopic (exact) mass is 577 g/mol. The van der Waals surface area contributed by atoms with Crippen molar-refractivity contribution in [3.05, 3.63) is 73.7 Å². The normalized spacial score (nSPS) is 18.7. The summed E-state index contributed by atoms with van der Waals surface area (Å²) in [6, 6.07) is 9.50. The number of fused-ring (bicyclic) bond motifs is 1. The Balaban J connectivity index is 1.32. The molecule has 3 heterocycles. The van der Waals surface area contributed by atoms with Gasteiger partial charge in [0.05, 0.1) is 21.5 Å². The highest BCUT2D eigenvalue weighted by molar-refractivity contribution is 6.00. The lowest BCUT2D eigenvalue weighted by Crippen LogP contribution is -2.44. The molecule has 2 aliphatic rings. The van der Waals surface area contributed by atoms with E-state index in [0.717, 1.165) is 37.0 Å². The quantitative estimate of drug-likeness (QED) is 0.203. The van der Waals surface area contributed by atoms with Crippen LogP contribution in [0.25, 0.3) is 11.0 Å². The van der Waals surface area contributed by atoms with Gasteiger partial charge in [0.2, 0.25) is 11.8 Å². The van der Waals surface area contributed by atoms with E-state index < -0.39 is 28.4 Å². The van der Waals surface area contributed by atoms with Crippen LogP contribution in [0.3, 0.4) is 0 Å². The first-order valence-corrected chi connectivity index (χ1v) is 14.1. The molecular formula is C30H35N5O7. The molecule has 2 saturated heterocycles. The molecule has 5 rings (SSSR count). The largest absolute Gasteiger partial charge is 0.456 e. The third kappa shape index (κ3) is 5.85. The highest BCUT2D eigenvalue weighted by atomic mass is 16.6. The molecule has 0 radical (unpaired) electrons. The average Bonchev–Trinajstić information content (AvgIpc) is 3.17. The maximum absolute atomic E-state index is 13.1. The fourth-order valence-electron chi connectivity index (χ4n) is 5.87. The number of ether oxygens (including phenoxy) is 1. The molecule has 2 aliphatic heterocycles. The van der Waals surface area contributed by atoms with Gasteiger partial charge in [-0.3, -0.25) is 39.1 Å². The summed E-state index contributed by atoms with van der Waals surface area (Å²) >= 11 is 0. The van der Waals surface area contributed by atoms with Gasteiger partial charge in [-0.05, 0) is 82.3 Å². The van der Waals surface area contributed by atoms with Crippen LogP contribution in [-0.2, 0) is 27.9 Å². The second-order valence-electron chi connectivity index (χ2n) is 12.1. The highest BCUT2D eigenvalue weighted by Gasteiger charge is 2.32. The number of esters is 1. The number of imide groups is 1. The summed E-state index contributed by atoms with van der Waals surface area (Å²) < 4.78 is 8.55. The first kappa shape index (κ1) is 29.2. The van der Waals surface area contributed by atoms with Crippen molar-refractivity contribution in [1.82, 2.24) is 19.4 Å². The highest BCUT2D eigenvalue weighted by Crippen LogP contribution is 2.32. The summed E-state index contributed by atoms with van der Waals surface area (Å²) in [6.07, 6.45) is 2.17. The van der Waals surface area contributed by atoms with Gasteiger partial charge in [0.25, 0.3) is 5.69 Å². The van der Waals surface area contributed by atoms with E-state index in [1.165, 1.54) is 16.7 Å². The van der Waals surface area contributed by atoms with Crippen molar-refractivity contribution >= 4 is 34.5 Å². The van der Waals surface area contributed by atoms with Crippen LogP contribution < -0.4 is 11.0 Å². The number of likely N-dealkylation sites (tertiary alicyclic amines) is 1. The molecule has 3 aromatic rings. The Morgan fingerprint density at radius 3 is 2.40 bits per heavy atom. The standard InChI is InChI=1S/C30H35N5O7/c1-30(2,3)42-28(38)22-16-21(35(40)41)7-5-20(22)17-33-13-11-18(12-14-33)19-6-8-23-25(15-19)32(4)29(39)34(23)24-9-10-26(36)31-27(24)37/h5-8,15-16,18,24H,9-14,17H2,1-4H3,(H,31,36,37). The molecule has 2 aromatic carbocycles. The van der Waals surface area contributed by atoms with Gasteiger partial charge in [-0.25, -0.2) is 9.59 Å². The molecule has 12 nitrogen and oxygen atoms in total. The third-order valence-corrected chi connectivity index (χ3v) is 8.01. The van der Waals surface area contributed by atoms with Crippen molar-refractivity contribution in [1.29, 1.82) is 0 Å². The van der Waals surface area contributed by atoms with Gasteiger partial charge in [0, 0.05) is 32.1 Å². The number of carbonyl (C=O) groups excluding carboxylic acids is 3. The third-order valence-electron chi connectivity index (χ3n) is 8.01. The topological polar surface area (TPSA) is 146 Å². The Kier molecular flexibility index (Phi) is 7.76. The van der Waals surface area contributed by atoms with Crippen LogP contribution >= 0.6 is 0 Å². The number of rotatable bonds is 6. The number of benzene rings is 2. The van der Waals surface area contributed by atoms with Gasteiger partial charge in [-0.1, -0.05) is 12.1 Å². The molecule has 0 spiro atoms. The molecular weight excluding hydrogens is 542 g/mol. The van der Waals surface area contributed by atoms with Crippen molar-refractivity contribution in [2.24, 2.45) is 7.05 Å². The van der Waals surface area contributed by atoms with Crippen molar-refractivity contribution in [2.75, 3.05) is 13.1 Å². The zero-order valence-electron chi connectivity index (χ0n) is 24.2. The average molecular weight is 578 g/mol. The molecule has 1 N–H and O–H groups in total. The van der Waals surface area contributed by atoms with Gasteiger partial charge in [0.15, 0.2) is 0 Å². The Morgan fingerprint density at radius 2 is 1.76 bits per heavy atom. The number of hydrogen-bond donors (Lipinski definition) is 1. The van der Waals surface area contributed by atoms with Crippen LogP contribution in [0.5, 0.6) is 0 Å². The molecule has 0 aliphatic carbocycles. The number of nitro groups is 1. The van der Waals surface area contributed by atoms with Crippen LogP contribution in [0.2, 0.25) is 0 Å². The van der Waals surface area contributed by atoms with E-state index in [1.807, 2.05) is 18.2 Å². The number of hydrogen-bond acceptors (Lipinski definition) is 8. The predicted octanol–water partition coefficient (Wildman–Crippen LogP) is 3.56. The minimum absolute atomic E-state index is 0.158. The van der Waals surface area contributed by atoms with Crippen molar-refractivity contribution in [3.8, 4) is 0 Å². The van der Waals surface area contributed by atoms with Crippen LogP contribution in [-0.4, -0.2) is 55.4 Å². The van der Waals surface area contributed by atoms with Crippen molar-refractivity contribution < 1.29 is 24.0 Å². The molecule has 1 atom stereocenters. The minimum atomic E-state index is -0.731. The van der Waals surface area contributed by atoms with E-state index in [2.05, 4.69) is 10.2 Å². The fourth-order valence-corrected chi connectivity index (χ4v) is 5.87. The smallest absolute Gasteiger partial charge is 0.339 e. The summed E-state index contributed by atoms with van der Waals surface area (Å²) in [4.78, 5) is 63.2. The van der Waals surface area contributed by atoms with Crippen molar-refractivity contribution in [3.63, 3.8) is 0 Å². The first-order chi connectivity index (χ1) is 19.8. The van der Waals surface area contributed by atoms with Gasteiger partial charge >= 0.3 is 11.7 Å². The number of piperidine rings is 2. The number of aryl methyl sites for hydroxylation is 1. The Labute approximate surface area is 242 Å². The first-order valence-electron chi connectivity index (χ1n) is 14.1. The maximum atomic E-state index is 13.1. The van der Waals surface area contributed by atoms with Crippen LogP contribution in [0.15, 0.2) is 41.2 Å². The van der Waals surface area contributed by atoms with E-state index in [1.54, 1.807) is 38.5 Å². The molecule has 0 saturated carbocycles. The van der Waals surface area contributed by atoms with Crippen LogP contribution in [0, 0.1) is 10.1 Å². The summed E-state index contributed by atoms with van der Waals surface area (Å²) in [6.45, 7) is 7.23. The van der Waals surface area contributed by atoms with E-state index in [-0.39, 0.29) is 41.6 Å². The Hall–Kier alpha value is -4.32. The molecule has 2 fully saturated rings.